The van der Waals surface area contributed by atoms with Gasteiger partial charge in [0.15, 0.2) is 0 Å². The standard InChI is InChI=1S/C23H21F2N3O3/c1-31-20-5-2-13(24)8-16(20)22-17-9-19(27-23(17)26-10-18(22)25)12-6-14-3-4-15(7-12)28(14)11-21(29)30/h2,5-6,8-10,14-15H,3-4,7,11H2,1H3,(H,26,27)(H,29,30). The highest BCUT2D eigenvalue weighted by molar-refractivity contribution is 5.97. The lowest BCUT2D eigenvalue weighted by Crippen LogP contribution is -2.41. The number of carboxylic acids is 1. The van der Waals surface area contributed by atoms with Crippen LogP contribution in [0.3, 0.4) is 0 Å². The monoisotopic (exact) mass is 425 g/mol. The second kappa shape index (κ2) is 7.46. The summed E-state index contributed by atoms with van der Waals surface area (Å²) in [6.07, 6.45) is 5.78. The van der Waals surface area contributed by atoms with Crippen molar-refractivity contribution in [2.45, 2.75) is 31.3 Å². The van der Waals surface area contributed by atoms with Crippen LogP contribution in [0.15, 0.2) is 36.5 Å². The fourth-order valence-corrected chi connectivity index (χ4v) is 4.89. The van der Waals surface area contributed by atoms with Crippen LogP contribution in [0.1, 0.15) is 25.0 Å². The Morgan fingerprint density at radius 2 is 2.16 bits per heavy atom. The SMILES string of the molecule is COc1ccc(F)cc1-c1c(F)cnc2[nH]c(C3=CC4CCC(C3)N4CC(=O)O)cc12. The maximum atomic E-state index is 14.9. The van der Waals surface area contributed by atoms with Gasteiger partial charge >= 0.3 is 5.97 Å². The number of aromatic amines is 1. The molecule has 2 aliphatic heterocycles. The van der Waals surface area contributed by atoms with Gasteiger partial charge in [0, 0.05) is 34.3 Å². The van der Waals surface area contributed by atoms with Crippen LogP contribution < -0.4 is 4.74 Å². The summed E-state index contributed by atoms with van der Waals surface area (Å²) in [5.41, 5.74) is 2.93. The van der Waals surface area contributed by atoms with Gasteiger partial charge in [-0.1, -0.05) is 6.08 Å². The number of halogens is 2. The van der Waals surface area contributed by atoms with E-state index in [2.05, 4.69) is 16.0 Å². The number of aliphatic carboxylic acids is 1. The van der Waals surface area contributed by atoms with Gasteiger partial charge in [-0.25, -0.2) is 13.8 Å². The van der Waals surface area contributed by atoms with E-state index in [4.69, 9.17) is 4.74 Å². The molecule has 3 aromatic rings. The summed E-state index contributed by atoms with van der Waals surface area (Å²) in [5, 5.41) is 9.73. The van der Waals surface area contributed by atoms with Crippen molar-refractivity contribution >= 4 is 22.6 Å². The fraction of sp³-hybridized carbons (Fsp3) is 0.304. The van der Waals surface area contributed by atoms with Crippen molar-refractivity contribution in [2.24, 2.45) is 0 Å². The average molecular weight is 425 g/mol. The van der Waals surface area contributed by atoms with Gasteiger partial charge < -0.3 is 14.8 Å². The molecule has 0 saturated carbocycles. The first kappa shape index (κ1) is 19.7. The molecule has 2 N–H and O–H groups in total. The highest BCUT2D eigenvalue weighted by atomic mass is 19.1. The van der Waals surface area contributed by atoms with Crippen LogP contribution >= 0.6 is 0 Å². The van der Waals surface area contributed by atoms with E-state index >= 15 is 0 Å². The minimum Gasteiger partial charge on any atom is -0.496 e. The number of benzene rings is 1. The number of H-pyrrole nitrogens is 1. The molecule has 0 spiro atoms. The number of pyridine rings is 1. The minimum absolute atomic E-state index is 0.0299. The van der Waals surface area contributed by atoms with Crippen molar-refractivity contribution in [3.63, 3.8) is 0 Å². The summed E-state index contributed by atoms with van der Waals surface area (Å²) in [6.45, 7) is 0.0299. The first-order valence-electron chi connectivity index (χ1n) is 10.1. The number of nitrogens with one attached hydrogen (secondary N) is 1. The Hall–Kier alpha value is -3.26. The number of carboxylic acid groups (broad SMARTS) is 1. The number of hydrogen-bond donors (Lipinski definition) is 2. The van der Waals surface area contributed by atoms with Crippen molar-refractivity contribution in [1.29, 1.82) is 0 Å². The molecule has 2 aromatic heterocycles. The first-order valence-corrected chi connectivity index (χ1v) is 10.1. The number of nitrogens with zero attached hydrogens (tertiary/aromatic N) is 2. The van der Waals surface area contributed by atoms with E-state index in [9.17, 15) is 18.7 Å². The summed E-state index contributed by atoms with van der Waals surface area (Å²) in [6, 6.07) is 6.08. The van der Waals surface area contributed by atoms with Crippen LogP contribution in [0.25, 0.3) is 27.7 Å². The van der Waals surface area contributed by atoms with Gasteiger partial charge in [-0.2, -0.15) is 0 Å². The van der Waals surface area contributed by atoms with Crippen LogP contribution in [0.5, 0.6) is 5.75 Å². The van der Waals surface area contributed by atoms with E-state index in [0.29, 0.717) is 28.8 Å². The molecule has 0 aliphatic carbocycles. The molecule has 31 heavy (non-hydrogen) atoms. The van der Waals surface area contributed by atoms with Crippen LogP contribution in [0, 0.1) is 11.6 Å². The second-order valence-electron chi connectivity index (χ2n) is 8.03. The molecule has 2 bridgehead atoms. The predicted molar refractivity (Wildman–Crippen MR) is 112 cm³/mol. The van der Waals surface area contributed by atoms with Gasteiger partial charge in [0.25, 0.3) is 0 Å². The normalized spacial score (nSPS) is 20.8. The Kier molecular flexibility index (Phi) is 4.74. The number of methoxy groups -OCH3 is 1. The summed E-state index contributed by atoms with van der Waals surface area (Å²) >= 11 is 0. The maximum Gasteiger partial charge on any atom is 0.317 e. The van der Waals surface area contributed by atoms with Crippen LogP contribution in [-0.4, -0.2) is 51.7 Å². The zero-order chi connectivity index (χ0) is 21.7. The number of carbonyl (C=O) groups is 1. The Bertz CT molecular complexity index is 1220. The lowest BCUT2D eigenvalue weighted by Gasteiger charge is -2.32. The highest BCUT2D eigenvalue weighted by Crippen LogP contribution is 2.41. The average Bonchev–Trinajstić information content (AvgIpc) is 3.24. The number of rotatable bonds is 5. The largest absolute Gasteiger partial charge is 0.496 e. The molecule has 0 radical (unpaired) electrons. The smallest absolute Gasteiger partial charge is 0.317 e. The third kappa shape index (κ3) is 3.37. The molecule has 2 aliphatic rings. The van der Waals surface area contributed by atoms with Crippen molar-refractivity contribution in [3.8, 4) is 16.9 Å². The quantitative estimate of drug-likeness (QED) is 0.640. The van der Waals surface area contributed by atoms with E-state index in [1.807, 2.05) is 11.0 Å². The predicted octanol–water partition coefficient (Wildman–Crippen LogP) is 4.22. The number of fused-ring (bicyclic) bond motifs is 3. The Labute approximate surface area is 177 Å². The molecule has 2 unspecified atom stereocenters. The molecule has 160 valence electrons. The summed E-state index contributed by atoms with van der Waals surface area (Å²) in [5.74, 6) is -1.50. The molecule has 1 aromatic carbocycles. The zero-order valence-corrected chi connectivity index (χ0v) is 16.9. The van der Waals surface area contributed by atoms with Crippen LogP contribution in [0.2, 0.25) is 0 Å². The van der Waals surface area contributed by atoms with Gasteiger partial charge in [-0.3, -0.25) is 9.69 Å². The number of hydrogen-bond acceptors (Lipinski definition) is 4. The number of ether oxygens (including phenoxy) is 1. The number of aromatic nitrogens is 2. The summed E-state index contributed by atoms with van der Waals surface area (Å²) in [4.78, 5) is 20.7. The molecule has 1 saturated heterocycles. The third-order valence-electron chi connectivity index (χ3n) is 6.25. The Balaban J connectivity index is 1.59. The van der Waals surface area contributed by atoms with Crippen molar-refractivity contribution in [1.82, 2.24) is 14.9 Å². The topological polar surface area (TPSA) is 78.5 Å². The maximum absolute atomic E-state index is 14.9. The van der Waals surface area contributed by atoms with Gasteiger partial charge in [-0.15, -0.1) is 0 Å². The Morgan fingerprint density at radius 1 is 1.32 bits per heavy atom. The first-order chi connectivity index (χ1) is 14.9. The lowest BCUT2D eigenvalue weighted by molar-refractivity contribution is -0.138. The van der Waals surface area contributed by atoms with E-state index in [1.165, 1.54) is 25.3 Å². The molecule has 1 fully saturated rings. The minimum atomic E-state index is -0.826. The Morgan fingerprint density at radius 3 is 2.90 bits per heavy atom. The zero-order valence-electron chi connectivity index (χ0n) is 16.9. The molecule has 8 heteroatoms. The highest BCUT2D eigenvalue weighted by Gasteiger charge is 2.38. The second-order valence-corrected chi connectivity index (χ2v) is 8.03. The molecule has 2 atom stereocenters. The summed E-state index contributed by atoms with van der Waals surface area (Å²) in [7, 11) is 1.46. The van der Waals surface area contributed by atoms with Crippen molar-refractivity contribution in [3.05, 3.63) is 53.9 Å². The van der Waals surface area contributed by atoms with Gasteiger partial charge in [0.05, 0.1) is 19.9 Å². The molecule has 0 amide bonds. The molecule has 6 nitrogen and oxygen atoms in total. The van der Waals surface area contributed by atoms with Crippen molar-refractivity contribution < 1.29 is 23.4 Å². The molecule has 5 rings (SSSR count). The van der Waals surface area contributed by atoms with Crippen LogP contribution in [-0.2, 0) is 4.79 Å². The van der Waals surface area contributed by atoms with Gasteiger partial charge in [0.2, 0.25) is 0 Å². The van der Waals surface area contributed by atoms with Gasteiger partial charge in [0.1, 0.15) is 23.0 Å². The molecular weight excluding hydrogens is 404 g/mol. The van der Waals surface area contributed by atoms with E-state index in [0.717, 1.165) is 30.3 Å². The van der Waals surface area contributed by atoms with Crippen LogP contribution in [0.4, 0.5) is 8.78 Å². The van der Waals surface area contributed by atoms with E-state index < -0.39 is 17.6 Å². The fourth-order valence-electron chi connectivity index (χ4n) is 4.89. The molecule has 4 heterocycles. The third-order valence-corrected chi connectivity index (χ3v) is 6.25. The lowest BCUT2D eigenvalue weighted by atomic mass is 9.97. The van der Waals surface area contributed by atoms with E-state index in [-0.39, 0.29) is 24.2 Å². The van der Waals surface area contributed by atoms with Gasteiger partial charge in [-0.05, 0) is 49.1 Å². The summed E-state index contributed by atoms with van der Waals surface area (Å²) < 4.78 is 34.2. The van der Waals surface area contributed by atoms with E-state index in [1.54, 1.807) is 0 Å². The molecular formula is C23H21F2N3O3. The van der Waals surface area contributed by atoms with Crippen molar-refractivity contribution in [2.75, 3.05) is 13.7 Å².